The molecular formula is C23H18BrClN2O2. The third-order valence-corrected chi connectivity index (χ3v) is 5.67. The molecule has 4 rings (SSSR count). The highest BCUT2D eigenvalue weighted by Gasteiger charge is 2.34. The number of carbonyl (C=O) groups excluding carboxylic acids is 1. The van der Waals surface area contributed by atoms with Gasteiger partial charge in [0.1, 0.15) is 12.4 Å². The lowest BCUT2D eigenvalue weighted by Gasteiger charge is -2.38. The van der Waals surface area contributed by atoms with E-state index in [1.807, 2.05) is 65.6 Å². The first-order valence-electron chi connectivity index (χ1n) is 9.10. The van der Waals surface area contributed by atoms with Crippen LogP contribution in [-0.4, -0.2) is 30.4 Å². The SMILES string of the molecule is COC(=O)CN1C(c2ccccc2Cl)=Nc2ccc(Br)cc2[C@@H]1c1ccccc1. The van der Waals surface area contributed by atoms with E-state index in [-0.39, 0.29) is 18.6 Å². The highest BCUT2D eigenvalue weighted by molar-refractivity contribution is 9.10. The van der Waals surface area contributed by atoms with Crippen molar-refractivity contribution in [1.82, 2.24) is 4.90 Å². The number of rotatable bonds is 4. The molecule has 146 valence electrons. The average Bonchev–Trinajstić information content (AvgIpc) is 2.74. The molecule has 0 spiro atoms. The summed E-state index contributed by atoms with van der Waals surface area (Å²) >= 11 is 10.1. The van der Waals surface area contributed by atoms with Crippen molar-refractivity contribution in [2.24, 2.45) is 4.99 Å². The fourth-order valence-corrected chi connectivity index (χ4v) is 4.14. The molecule has 0 bridgehead atoms. The monoisotopic (exact) mass is 468 g/mol. The van der Waals surface area contributed by atoms with Gasteiger partial charge < -0.3 is 9.64 Å². The third kappa shape index (κ3) is 3.93. The largest absolute Gasteiger partial charge is 0.468 e. The summed E-state index contributed by atoms with van der Waals surface area (Å²) in [6.07, 6.45) is 0. The van der Waals surface area contributed by atoms with Crippen molar-refractivity contribution in [3.8, 4) is 0 Å². The molecule has 1 atom stereocenters. The van der Waals surface area contributed by atoms with Crippen molar-refractivity contribution < 1.29 is 9.53 Å². The fourth-order valence-electron chi connectivity index (χ4n) is 3.54. The first-order valence-corrected chi connectivity index (χ1v) is 10.3. The van der Waals surface area contributed by atoms with Crippen LogP contribution in [0, 0.1) is 0 Å². The number of carbonyl (C=O) groups is 1. The van der Waals surface area contributed by atoms with E-state index < -0.39 is 0 Å². The van der Waals surface area contributed by atoms with Crippen LogP contribution < -0.4 is 0 Å². The van der Waals surface area contributed by atoms with E-state index in [9.17, 15) is 4.79 Å². The molecule has 1 aliphatic rings. The van der Waals surface area contributed by atoms with Gasteiger partial charge in [-0.1, -0.05) is 70.0 Å². The average molecular weight is 470 g/mol. The Morgan fingerprint density at radius 2 is 1.83 bits per heavy atom. The zero-order chi connectivity index (χ0) is 20.4. The second kappa shape index (κ2) is 8.39. The molecule has 0 aromatic heterocycles. The summed E-state index contributed by atoms with van der Waals surface area (Å²) < 4.78 is 5.94. The van der Waals surface area contributed by atoms with Gasteiger partial charge in [0.05, 0.1) is 23.9 Å². The number of amidine groups is 1. The third-order valence-electron chi connectivity index (χ3n) is 4.85. The minimum Gasteiger partial charge on any atom is -0.468 e. The van der Waals surface area contributed by atoms with Crippen molar-refractivity contribution in [2.45, 2.75) is 6.04 Å². The zero-order valence-electron chi connectivity index (χ0n) is 15.7. The predicted octanol–water partition coefficient (Wildman–Crippen LogP) is 5.76. The summed E-state index contributed by atoms with van der Waals surface area (Å²) in [6, 6.07) is 23.3. The molecule has 0 N–H and O–H groups in total. The molecule has 1 heterocycles. The highest BCUT2D eigenvalue weighted by atomic mass is 79.9. The Bertz CT molecular complexity index is 1090. The van der Waals surface area contributed by atoms with E-state index in [0.717, 1.165) is 26.9 Å². The maximum Gasteiger partial charge on any atom is 0.325 e. The molecular weight excluding hydrogens is 452 g/mol. The Balaban J connectivity index is 1.97. The highest BCUT2D eigenvalue weighted by Crippen LogP contribution is 2.42. The van der Waals surface area contributed by atoms with Gasteiger partial charge in [0.25, 0.3) is 0 Å². The lowest BCUT2D eigenvalue weighted by Crippen LogP contribution is -2.42. The second-order valence-corrected chi connectivity index (χ2v) is 7.96. The van der Waals surface area contributed by atoms with Gasteiger partial charge in [-0.05, 0) is 35.9 Å². The van der Waals surface area contributed by atoms with Gasteiger partial charge in [-0.3, -0.25) is 4.79 Å². The molecule has 0 unspecified atom stereocenters. The minimum atomic E-state index is -0.343. The van der Waals surface area contributed by atoms with Gasteiger partial charge in [0, 0.05) is 15.6 Å². The predicted molar refractivity (Wildman–Crippen MR) is 119 cm³/mol. The van der Waals surface area contributed by atoms with E-state index in [4.69, 9.17) is 21.3 Å². The fraction of sp³-hybridized carbons (Fsp3) is 0.130. The molecule has 6 heteroatoms. The van der Waals surface area contributed by atoms with Gasteiger partial charge in [0.2, 0.25) is 0 Å². The first-order chi connectivity index (χ1) is 14.1. The van der Waals surface area contributed by atoms with Crippen molar-refractivity contribution >= 4 is 45.0 Å². The van der Waals surface area contributed by atoms with Gasteiger partial charge in [-0.2, -0.15) is 0 Å². The van der Waals surface area contributed by atoms with Crippen LogP contribution in [0.25, 0.3) is 0 Å². The van der Waals surface area contributed by atoms with Crippen LogP contribution in [0.15, 0.2) is 82.3 Å². The summed E-state index contributed by atoms with van der Waals surface area (Å²) in [5, 5.41) is 0.577. The Kier molecular flexibility index (Phi) is 5.69. The van der Waals surface area contributed by atoms with Gasteiger partial charge in [0.15, 0.2) is 0 Å². The Morgan fingerprint density at radius 1 is 1.10 bits per heavy atom. The summed E-state index contributed by atoms with van der Waals surface area (Å²) in [5.74, 6) is 0.300. The molecule has 0 fully saturated rings. The molecule has 29 heavy (non-hydrogen) atoms. The molecule has 0 amide bonds. The van der Waals surface area contributed by atoms with Crippen LogP contribution >= 0.6 is 27.5 Å². The van der Waals surface area contributed by atoms with Crippen LogP contribution in [0.3, 0.4) is 0 Å². The van der Waals surface area contributed by atoms with Crippen LogP contribution in [-0.2, 0) is 9.53 Å². The van der Waals surface area contributed by atoms with Crippen molar-refractivity contribution in [3.63, 3.8) is 0 Å². The number of halogens is 2. The smallest absolute Gasteiger partial charge is 0.325 e. The zero-order valence-corrected chi connectivity index (χ0v) is 18.0. The maximum absolute atomic E-state index is 12.3. The summed E-state index contributed by atoms with van der Waals surface area (Å²) in [6.45, 7) is 0.0477. The lowest BCUT2D eigenvalue weighted by atomic mass is 9.93. The summed E-state index contributed by atoms with van der Waals surface area (Å²) in [7, 11) is 1.39. The number of hydrogen-bond acceptors (Lipinski definition) is 4. The van der Waals surface area contributed by atoms with Gasteiger partial charge in [-0.25, -0.2) is 4.99 Å². The minimum absolute atomic E-state index is 0.0477. The number of benzene rings is 3. The normalized spacial score (nSPS) is 15.5. The number of methoxy groups -OCH3 is 1. The number of aliphatic imine (C=N–C) groups is 1. The molecule has 0 saturated heterocycles. The van der Waals surface area contributed by atoms with Crippen molar-refractivity contribution in [3.05, 3.63) is 99.0 Å². The van der Waals surface area contributed by atoms with E-state index in [2.05, 4.69) is 28.1 Å². The molecule has 0 radical (unpaired) electrons. The Labute approximate surface area is 182 Å². The number of ether oxygens (including phenoxy) is 1. The van der Waals surface area contributed by atoms with Crippen LogP contribution in [0.4, 0.5) is 5.69 Å². The van der Waals surface area contributed by atoms with Gasteiger partial charge in [-0.15, -0.1) is 0 Å². The standard InChI is InChI=1S/C23H18BrClN2O2/c1-29-21(28)14-27-22(15-7-3-2-4-8-15)18-13-16(24)11-12-20(18)26-23(27)17-9-5-6-10-19(17)25/h2-13,22H,14H2,1H3/t22-/m0/s1. The van der Waals surface area contributed by atoms with E-state index >= 15 is 0 Å². The molecule has 3 aromatic rings. The molecule has 4 nitrogen and oxygen atoms in total. The molecule has 1 aliphatic heterocycles. The second-order valence-electron chi connectivity index (χ2n) is 6.64. The van der Waals surface area contributed by atoms with Crippen molar-refractivity contribution in [2.75, 3.05) is 13.7 Å². The van der Waals surface area contributed by atoms with E-state index in [1.165, 1.54) is 7.11 Å². The van der Waals surface area contributed by atoms with Crippen LogP contribution in [0.2, 0.25) is 5.02 Å². The Hall–Kier alpha value is -2.63. The van der Waals surface area contributed by atoms with E-state index in [1.54, 1.807) is 0 Å². The number of nitrogens with zero attached hydrogens (tertiary/aromatic N) is 2. The number of esters is 1. The Morgan fingerprint density at radius 3 is 2.55 bits per heavy atom. The number of fused-ring (bicyclic) bond motifs is 1. The first kappa shape index (κ1) is 19.7. The quantitative estimate of drug-likeness (QED) is 0.456. The van der Waals surface area contributed by atoms with Gasteiger partial charge >= 0.3 is 5.97 Å². The van der Waals surface area contributed by atoms with Crippen molar-refractivity contribution in [1.29, 1.82) is 0 Å². The lowest BCUT2D eigenvalue weighted by molar-refractivity contribution is -0.141. The topological polar surface area (TPSA) is 41.9 Å². The summed E-state index contributed by atoms with van der Waals surface area (Å²) in [4.78, 5) is 19.2. The van der Waals surface area contributed by atoms with Crippen LogP contribution in [0.1, 0.15) is 22.7 Å². The molecule has 3 aromatic carbocycles. The molecule has 0 saturated carbocycles. The maximum atomic E-state index is 12.3. The summed E-state index contributed by atoms with van der Waals surface area (Å²) in [5.41, 5.74) is 3.67. The van der Waals surface area contributed by atoms with E-state index in [0.29, 0.717) is 10.9 Å². The number of hydrogen-bond donors (Lipinski definition) is 0. The van der Waals surface area contributed by atoms with Crippen LogP contribution in [0.5, 0.6) is 0 Å². The molecule has 0 aliphatic carbocycles.